The molecular weight excluding hydrogens is 452 g/mol. The van der Waals surface area contributed by atoms with Crippen LogP contribution in [-0.2, 0) is 9.16 Å². The molecular formula is C29H36N2O3Si. The molecule has 2 aromatic carbocycles. The van der Waals surface area contributed by atoms with Gasteiger partial charge in [0.05, 0.1) is 6.20 Å². The van der Waals surface area contributed by atoms with Crippen LogP contribution in [0, 0.1) is 5.92 Å². The van der Waals surface area contributed by atoms with Gasteiger partial charge in [-0.1, -0.05) is 93.1 Å². The highest BCUT2D eigenvalue weighted by Gasteiger charge is 2.51. The van der Waals surface area contributed by atoms with Crippen molar-refractivity contribution in [1.82, 2.24) is 9.78 Å². The van der Waals surface area contributed by atoms with Crippen molar-refractivity contribution in [3.05, 3.63) is 84.2 Å². The molecule has 35 heavy (non-hydrogen) atoms. The molecule has 0 saturated heterocycles. The van der Waals surface area contributed by atoms with Crippen LogP contribution in [0.1, 0.15) is 53.5 Å². The fourth-order valence-corrected chi connectivity index (χ4v) is 9.20. The fourth-order valence-electron chi connectivity index (χ4n) is 4.59. The molecule has 0 N–H and O–H groups in total. The minimum atomic E-state index is -2.53. The van der Waals surface area contributed by atoms with Gasteiger partial charge in [-0.25, -0.2) is 4.79 Å². The SMILES string of the molecule is CC(C)(C)OC(=O)n1cc(/C=C2\C[C@H]2CO[Si](c2ccccc2)(c2ccccc2)C(C)(C)C)cn1. The van der Waals surface area contributed by atoms with Gasteiger partial charge in [0.15, 0.2) is 0 Å². The van der Waals surface area contributed by atoms with Crippen molar-refractivity contribution in [3.63, 3.8) is 0 Å². The highest BCUT2D eigenvalue weighted by Crippen LogP contribution is 2.42. The van der Waals surface area contributed by atoms with Crippen molar-refractivity contribution in [2.24, 2.45) is 5.92 Å². The normalized spacial score (nSPS) is 17.4. The van der Waals surface area contributed by atoms with Crippen LogP contribution >= 0.6 is 0 Å². The van der Waals surface area contributed by atoms with E-state index in [1.165, 1.54) is 20.6 Å². The van der Waals surface area contributed by atoms with Crippen molar-refractivity contribution in [2.45, 2.75) is 58.6 Å². The van der Waals surface area contributed by atoms with Crippen molar-refractivity contribution in [2.75, 3.05) is 6.61 Å². The molecule has 1 aromatic heterocycles. The second-order valence-electron chi connectivity index (χ2n) is 11.3. The highest BCUT2D eigenvalue weighted by atomic mass is 28.4. The second kappa shape index (κ2) is 9.59. The minimum Gasteiger partial charge on any atom is -0.442 e. The van der Waals surface area contributed by atoms with Gasteiger partial charge in [0.1, 0.15) is 5.60 Å². The Labute approximate surface area is 209 Å². The summed E-state index contributed by atoms with van der Waals surface area (Å²) in [7, 11) is -2.53. The molecule has 1 fully saturated rings. The van der Waals surface area contributed by atoms with Crippen molar-refractivity contribution in [1.29, 1.82) is 0 Å². The maximum atomic E-state index is 12.3. The molecule has 0 radical (unpaired) electrons. The molecule has 4 rings (SSSR count). The molecule has 184 valence electrons. The largest absolute Gasteiger partial charge is 0.442 e. The predicted molar refractivity (Wildman–Crippen MR) is 144 cm³/mol. The number of rotatable bonds is 6. The number of hydrogen-bond acceptors (Lipinski definition) is 4. The first-order valence-corrected chi connectivity index (χ1v) is 14.1. The first kappa shape index (κ1) is 25.1. The van der Waals surface area contributed by atoms with E-state index in [0.717, 1.165) is 12.0 Å². The van der Waals surface area contributed by atoms with Gasteiger partial charge >= 0.3 is 6.09 Å². The van der Waals surface area contributed by atoms with Crippen LogP contribution in [0.3, 0.4) is 0 Å². The van der Waals surface area contributed by atoms with Gasteiger partial charge in [0.2, 0.25) is 0 Å². The topological polar surface area (TPSA) is 53.4 Å². The van der Waals surface area contributed by atoms with Crippen molar-refractivity contribution in [3.8, 4) is 0 Å². The van der Waals surface area contributed by atoms with E-state index in [1.807, 2.05) is 20.8 Å². The minimum absolute atomic E-state index is 0.0387. The molecule has 0 bridgehead atoms. The lowest BCUT2D eigenvalue weighted by atomic mass is 10.2. The monoisotopic (exact) mass is 488 g/mol. The highest BCUT2D eigenvalue weighted by molar-refractivity contribution is 6.99. The third-order valence-electron chi connectivity index (χ3n) is 6.30. The number of carbonyl (C=O) groups is 1. The summed E-state index contributed by atoms with van der Waals surface area (Å²) in [6.07, 6.45) is 6.07. The van der Waals surface area contributed by atoms with E-state index in [0.29, 0.717) is 12.5 Å². The average Bonchev–Trinajstić information content (AvgIpc) is 3.34. The van der Waals surface area contributed by atoms with E-state index < -0.39 is 20.0 Å². The molecule has 5 nitrogen and oxygen atoms in total. The number of benzene rings is 2. The Morgan fingerprint density at radius 3 is 2.09 bits per heavy atom. The Bertz CT molecular complexity index is 1150. The van der Waals surface area contributed by atoms with Crippen LogP contribution in [-0.4, -0.2) is 36.4 Å². The van der Waals surface area contributed by atoms with E-state index in [1.54, 1.807) is 12.4 Å². The zero-order valence-electron chi connectivity index (χ0n) is 21.6. The van der Waals surface area contributed by atoms with Crippen LogP contribution in [0.15, 0.2) is 78.6 Å². The maximum absolute atomic E-state index is 12.3. The van der Waals surface area contributed by atoms with E-state index >= 15 is 0 Å². The van der Waals surface area contributed by atoms with Gasteiger partial charge in [0, 0.05) is 24.3 Å². The summed E-state index contributed by atoms with van der Waals surface area (Å²) < 4.78 is 13.7. The van der Waals surface area contributed by atoms with Gasteiger partial charge < -0.3 is 9.16 Å². The fraction of sp³-hybridized carbons (Fsp3) is 0.379. The molecule has 0 aliphatic heterocycles. The number of carbonyl (C=O) groups excluding carboxylic acids is 1. The first-order valence-electron chi connectivity index (χ1n) is 12.2. The third-order valence-corrected chi connectivity index (χ3v) is 11.3. The van der Waals surface area contributed by atoms with Crippen LogP contribution in [0.5, 0.6) is 0 Å². The molecule has 0 unspecified atom stereocenters. The molecule has 6 heteroatoms. The van der Waals surface area contributed by atoms with Crippen molar-refractivity contribution >= 4 is 30.9 Å². The number of ether oxygens (including phenoxy) is 1. The maximum Gasteiger partial charge on any atom is 0.435 e. The Balaban J connectivity index is 1.53. The van der Waals surface area contributed by atoms with Gasteiger partial charge in [-0.15, -0.1) is 0 Å². The quantitative estimate of drug-likeness (QED) is 0.421. The third kappa shape index (κ3) is 5.65. The van der Waals surface area contributed by atoms with Crippen LogP contribution in [0.4, 0.5) is 4.79 Å². The van der Waals surface area contributed by atoms with E-state index in [4.69, 9.17) is 9.16 Å². The molecule has 3 aromatic rings. The molecule has 1 aliphatic carbocycles. The smallest absolute Gasteiger partial charge is 0.435 e. The van der Waals surface area contributed by atoms with Crippen LogP contribution < -0.4 is 10.4 Å². The molecule has 0 amide bonds. The van der Waals surface area contributed by atoms with Crippen molar-refractivity contribution < 1.29 is 14.0 Å². The predicted octanol–water partition coefficient (Wildman–Crippen LogP) is 5.65. The summed E-state index contributed by atoms with van der Waals surface area (Å²) in [4.78, 5) is 12.3. The number of nitrogens with zero attached hydrogens (tertiary/aromatic N) is 2. The number of aromatic nitrogens is 2. The summed E-state index contributed by atoms with van der Waals surface area (Å²) in [5.41, 5.74) is 1.67. The lowest BCUT2D eigenvalue weighted by Gasteiger charge is -2.43. The van der Waals surface area contributed by atoms with Gasteiger partial charge in [-0.3, -0.25) is 0 Å². The summed E-state index contributed by atoms with van der Waals surface area (Å²) in [6.45, 7) is 13.1. The Morgan fingerprint density at radius 2 is 1.57 bits per heavy atom. The summed E-state index contributed by atoms with van der Waals surface area (Å²) in [5.74, 6) is 0.376. The van der Waals surface area contributed by atoms with E-state index in [2.05, 4.69) is 92.6 Å². The lowest BCUT2D eigenvalue weighted by Crippen LogP contribution is -2.66. The average molecular weight is 489 g/mol. The molecule has 1 heterocycles. The summed E-state index contributed by atoms with van der Waals surface area (Å²) in [5, 5.41) is 6.73. The molecule has 1 atom stereocenters. The van der Waals surface area contributed by atoms with Gasteiger partial charge in [-0.2, -0.15) is 9.78 Å². The molecule has 1 aliphatic rings. The molecule has 1 saturated carbocycles. The zero-order chi connectivity index (χ0) is 25.3. The first-order chi connectivity index (χ1) is 16.5. The second-order valence-corrected chi connectivity index (χ2v) is 15.6. The van der Waals surface area contributed by atoms with Gasteiger partial charge in [-0.05, 0) is 42.6 Å². The Hall–Kier alpha value is -2.96. The molecule has 0 spiro atoms. The summed E-state index contributed by atoms with van der Waals surface area (Å²) in [6, 6.07) is 21.5. The van der Waals surface area contributed by atoms with Crippen LogP contribution in [0.2, 0.25) is 5.04 Å². The Kier molecular flexibility index (Phi) is 6.89. The van der Waals surface area contributed by atoms with Crippen LogP contribution in [0.25, 0.3) is 6.08 Å². The standard InChI is InChI=1S/C29H36N2O3Si/c1-28(2,3)34-27(32)31-20-22(19-30-31)17-23-18-24(23)21-33-35(29(4,5)6,25-13-9-7-10-14-25)26-15-11-8-12-16-26/h7-17,19-20,24H,18,21H2,1-6H3/b23-17+/t24-/m0/s1. The van der Waals surface area contributed by atoms with E-state index in [9.17, 15) is 4.79 Å². The Morgan fingerprint density at radius 1 is 1.00 bits per heavy atom. The van der Waals surface area contributed by atoms with E-state index in [-0.39, 0.29) is 5.04 Å². The van der Waals surface area contributed by atoms with Gasteiger partial charge in [0.25, 0.3) is 8.32 Å². The lowest BCUT2D eigenvalue weighted by molar-refractivity contribution is 0.0514. The number of hydrogen-bond donors (Lipinski definition) is 0. The summed E-state index contributed by atoms with van der Waals surface area (Å²) >= 11 is 0. The zero-order valence-corrected chi connectivity index (χ0v) is 22.6.